The molecule has 1 amide bonds. The molecule has 0 radical (unpaired) electrons. The minimum absolute atomic E-state index is 0.121. The highest BCUT2D eigenvalue weighted by Crippen LogP contribution is 2.38. The Kier molecular flexibility index (Phi) is 5.66. The van der Waals surface area contributed by atoms with Crippen molar-refractivity contribution in [3.05, 3.63) is 109 Å². The minimum atomic E-state index is -0.541. The van der Waals surface area contributed by atoms with Gasteiger partial charge in [-0.25, -0.2) is 0 Å². The Hall–Kier alpha value is -3.57. The number of fused-ring (bicyclic) bond motifs is 2. The number of aryl methyl sites for hydroxylation is 2. The largest absolute Gasteiger partial charge is 0.497 e. The third-order valence-electron chi connectivity index (χ3n) is 6.57. The van der Waals surface area contributed by atoms with Gasteiger partial charge in [-0.3, -0.25) is 9.59 Å². The van der Waals surface area contributed by atoms with Crippen LogP contribution < -0.4 is 10.2 Å². The molecule has 3 aromatic carbocycles. The Bertz CT molecular complexity index is 1460. The Labute approximate surface area is 202 Å². The molecule has 6 heteroatoms. The number of ether oxygens (including phenoxy) is 1. The van der Waals surface area contributed by atoms with E-state index in [2.05, 4.69) is 0 Å². The number of benzene rings is 3. The molecule has 2 heterocycles. The highest BCUT2D eigenvalue weighted by molar-refractivity contribution is 6.30. The molecule has 0 spiro atoms. The van der Waals surface area contributed by atoms with Crippen molar-refractivity contribution >= 4 is 28.5 Å². The van der Waals surface area contributed by atoms with Crippen molar-refractivity contribution in [1.82, 2.24) is 4.90 Å². The second-order valence-electron chi connectivity index (χ2n) is 8.66. The SMILES string of the molecule is COc1ccc(CCN2C(=O)c3oc4cc(C)c(C)cc4c(=O)c3[C@@H]2c2ccc(Cl)cc2)cc1. The first-order valence-electron chi connectivity index (χ1n) is 11.1. The smallest absolute Gasteiger partial charge is 0.290 e. The van der Waals surface area contributed by atoms with Gasteiger partial charge < -0.3 is 14.1 Å². The number of methoxy groups -OCH3 is 1. The van der Waals surface area contributed by atoms with Crippen molar-refractivity contribution in [2.75, 3.05) is 13.7 Å². The maximum Gasteiger partial charge on any atom is 0.290 e. The zero-order valence-electron chi connectivity index (χ0n) is 19.2. The van der Waals surface area contributed by atoms with Crippen LogP contribution >= 0.6 is 11.6 Å². The second-order valence-corrected chi connectivity index (χ2v) is 9.09. The van der Waals surface area contributed by atoms with E-state index >= 15 is 0 Å². The summed E-state index contributed by atoms with van der Waals surface area (Å²) in [7, 11) is 1.63. The van der Waals surface area contributed by atoms with Crippen LogP contribution in [0.5, 0.6) is 5.75 Å². The Morgan fingerprint density at radius 3 is 2.32 bits per heavy atom. The summed E-state index contributed by atoms with van der Waals surface area (Å²) in [5.74, 6) is 0.621. The van der Waals surface area contributed by atoms with Crippen molar-refractivity contribution in [2.24, 2.45) is 0 Å². The molecule has 172 valence electrons. The molecule has 0 aliphatic carbocycles. The molecule has 0 saturated heterocycles. The van der Waals surface area contributed by atoms with Gasteiger partial charge in [0.05, 0.1) is 24.1 Å². The molecule has 0 saturated carbocycles. The lowest BCUT2D eigenvalue weighted by atomic mass is 9.97. The van der Waals surface area contributed by atoms with E-state index in [0.29, 0.717) is 34.5 Å². The lowest BCUT2D eigenvalue weighted by molar-refractivity contribution is 0.0730. The molecule has 0 bridgehead atoms. The summed E-state index contributed by atoms with van der Waals surface area (Å²) in [5, 5.41) is 1.08. The van der Waals surface area contributed by atoms with Crippen LogP contribution in [0.2, 0.25) is 5.02 Å². The lowest BCUT2D eigenvalue weighted by Gasteiger charge is -2.25. The topological polar surface area (TPSA) is 59.8 Å². The van der Waals surface area contributed by atoms with Crippen LogP contribution in [0.25, 0.3) is 11.0 Å². The Morgan fingerprint density at radius 1 is 0.971 bits per heavy atom. The number of amides is 1. The van der Waals surface area contributed by atoms with Gasteiger partial charge in [0.25, 0.3) is 5.91 Å². The molecule has 4 aromatic rings. The zero-order valence-corrected chi connectivity index (χ0v) is 20.0. The van der Waals surface area contributed by atoms with Crippen LogP contribution in [0.15, 0.2) is 69.9 Å². The molecule has 34 heavy (non-hydrogen) atoms. The summed E-state index contributed by atoms with van der Waals surface area (Å²) in [6, 6.07) is 18.2. The third kappa shape index (κ3) is 3.76. The summed E-state index contributed by atoms with van der Waals surface area (Å²) in [6.45, 7) is 4.35. The van der Waals surface area contributed by atoms with Crippen LogP contribution in [-0.4, -0.2) is 24.5 Å². The fourth-order valence-corrected chi connectivity index (χ4v) is 4.67. The molecule has 1 aromatic heterocycles. The number of hydrogen-bond donors (Lipinski definition) is 0. The molecule has 1 atom stereocenters. The van der Waals surface area contributed by atoms with Gasteiger partial charge in [-0.05, 0) is 78.9 Å². The molecule has 1 aliphatic rings. The molecule has 0 fully saturated rings. The van der Waals surface area contributed by atoms with Gasteiger partial charge in [0.1, 0.15) is 11.3 Å². The molecule has 0 unspecified atom stereocenters. The van der Waals surface area contributed by atoms with Crippen molar-refractivity contribution < 1.29 is 13.9 Å². The Morgan fingerprint density at radius 2 is 1.65 bits per heavy atom. The molecule has 5 nitrogen and oxygen atoms in total. The van der Waals surface area contributed by atoms with E-state index in [9.17, 15) is 9.59 Å². The first-order chi connectivity index (χ1) is 16.4. The van der Waals surface area contributed by atoms with E-state index in [0.717, 1.165) is 28.0 Å². The Balaban J connectivity index is 1.61. The van der Waals surface area contributed by atoms with Gasteiger partial charge in [0, 0.05) is 11.6 Å². The van der Waals surface area contributed by atoms with E-state index in [1.165, 1.54) is 0 Å². The van der Waals surface area contributed by atoms with Crippen LogP contribution in [-0.2, 0) is 6.42 Å². The normalized spacial score (nSPS) is 15.1. The number of carbonyl (C=O) groups is 1. The van der Waals surface area contributed by atoms with Crippen molar-refractivity contribution in [3.8, 4) is 5.75 Å². The van der Waals surface area contributed by atoms with Gasteiger partial charge in [-0.2, -0.15) is 0 Å². The molecule has 1 aliphatic heterocycles. The fraction of sp³-hybridized carbons (Fsp3) is 0.214. The number of carbonyl (C=O) groups excluding carboxylic acids is 1. The quantitative estimate of drug-likeness (QED) is 0.364. The van der Waals surface area contributed by atoms with Gasteiger partial charge in [-0.1, -0.05) is 35.9 Å². The maximum atomic E-state index is 13.7. The summed E-state index contributed by atoms with van der Waals surface area (Å²) < 4.78 is 11.3. The van der Waals surface area contributed by atoms with Gasteiger partial charge in [-0.15, -0.1) is 0 Å². The van der Waals surface area contributed by atoms with Crippen molar-refractivity contribution in [1.29, 1.82) is 0 Å². The van der Waals surface area contributed by atoms with Crippen LogP contribution in [0, 0.1) is 13.8 Å². The van der Waals surface area contributed by atoms with Gasteiger partial charge >= 0.3 is 0 Å². The van der Waals surface area contributed by atoms with E-state index in [4.69, 9.17) is 20.8 Å². The average molecular weight is 474 g/mol. The first-order valence-corrected chi connectivity index (χ1v) is 11.5. The molecular weight excluding hydrogens is 450 g/mol. The van der Waals surface area contributed by atoms with Gasteiger partial charge in [0.15, 0.2) is 5.43 Å². The zero-order chi connectivity index (χ0) is 24.0. The third-order valence-corrected chi connectivity index (χ3v) is 6.82. The standard InChI is InChI=1S/C28H24ClNO4/c1-16-14-22-23(15-17(16)2)34-27-24(26(22)31)25(19-6-8-20(29)9-7-19)30(28(27)32)13-12-18-4-10-21(33-3)11-5-18/h4-11,14-15,25H,12-13H2,1-3H3/t25-/m0/s1. The lowest BCUT2D eigenvalue weighted by Crippen LogP contribution is -2.31. The number of nitrogens with zero attached hydrogens (tertiary/aromatic N) is 1. The molecule has 5 rings (SSSR count). The number of hydrogen-bond acceptors (Lipinski definition) is 4. The van der Waals surface area contributed by atoms with E-state index < -0.39 is 6.04 Å². The van der Waals surface area contributed by atoms with Crippen molar-refractivity contribution in [2.45, 2.75) is 26.3 Å². The van der Waals surface area contributed by atoms with E-state index in [1.54, 1.807) is 24.1 Å². The average Bonchev–Trinajstić information content (AvgIpc) is 3.11. The predicted octanol–water partition coefficient (Wildman–Crippen LogP) is 5.86. The van der Waals surface area contributed by atoms with Gasteiger partial charge in [0.2, 0.25) is 5.76 Å². The monoisotopic (exact) mass is 473 g/mol. The summed E-state index contributed by atoms with van der Waals surface area (Å²) in [5.41, 5.74) is 4.55. The number of halogens is 1. The fourth-order valence-electron chi connectivity index (χ4n) is 4.54. The van der Waals surface area contributed by atoms with E-state index in [1.807, 2.05) is 62.4 Å². The highest BCUT2D eigenvalue weighted by atomic mass is 35.5. The summed E-state index contributed by atoms with van der Waals surface area (Å²) in [6.07, 6.45) is 0.625. The molecular formula is C28H24ClNO4. The summed E-state index contributed by atoms with van der Waals surface area (Å²) >= 11 is 6.12. The second kappa shape index (κ2) is 8.65. The predicted molar refractivity (Wildman–Crippen MR) is 133 cm³/mol. The molecule has 0 N–H and O–H groups in total. The highest BCUT2D eigenvalue weighted by Gasteiger charge is 2.42. The van der Waals surface area contributed by atoms with Crippen molar-refractivity contribution in [3.63, 3.8) is 0 Å². The minimum Gasteiger partial charge on any atom is -0.497 e. The number of rotatable bonds is 5. The first kappa shape index (κ1) is 22.2. The maximum absolute atomic E-state index is 13.7. The summed E-state index contributed by atoms with van der Waals surface area (Å²) in [4.78, 5) is 29.0. The van der Waals surface area contributed by atoms with E-state index in [-0.39, 0.29) is 17.1 Å². The van der Waals surface area contributed by atoms with Crippen LogP contribution in [0.4, 0.5) is 0 Å². The van der Waals surface area contributed by atoms with Crippen LogP contribution in [0.1, 0.15) is 44.4 Å². The van der Waals surface area contributed by atoms with Crippen LogP contribution in [0.3, 0.4) is 0 Å².